The molecule has 0 amide bonds. The monoisotopic (exact) mass is 283 g/mol. The van der Waals surface area contributed by atoms with Gasteiger partial charge in [-0.25, -0.2) is 0 Å². The highest BCUT2D eigenvalue weighted by molar-refractivity contribution is 5.61. The average molecular weight is 283 g/mol. The molecule has 0 bridgehead atoms. The predicted molar refractivity (Wildman–Crippen MR) is 77.7 cm³/mol. The zero-order valence-electron chi connectivity index (χ0n) is 11.1. The van der Waals surface area contributed by atoms with E-state index in [0.29, 0.717) is 5.69 Å². The Morgan fingerprint density at radius 3 is 2.62 bits per heavy atom. The van der Waals surface area contributed by atoms with E-state index < -0.39 is 11.0 Å². The number of nitro benzene ring substituents is 1. The molecular formula is C15H13N3O3. The molecule has 0 fully saturated rings. The number of anilines is 1. The average Bonchev–Trinajstić information content (AvgIpc) is 2.53. The number of nitrogens with zero attached hydrogens (tertiary/aromatic N) is 2. The number of hydrogen-bond acceptors (Lipinski definition) is 5. The lowest BCUT2D eigenvalue weighted by atomic mass is 10.1. The van der Waals surface area contributed by atoms with Crippen LogP contribution in [-0.2, 0) is 0 Å². The summed E-state index contributed by atoms with van der Waals surface area (Å²) in [6.45, 7) is 0.205. The van der Waals surface area contributed by atoms with Crippen molar-refractivity contribution in [2.45, 2.75) is 6.10 Å². The Morgan fingerprint density at radius 1 is 1.29 bits per heavy atom. The lowest BCUT2D eigenvalue weighted by Crippen LogP contribution is -2.12. The second-order valence-electron chi connectivity index (χ2n) is 4.41. The zero-order chi connectivity index (χ0) is 15.2. The molecule has 2 aromatic carbocycles. The normalized spacial score (nSPS) is 11.4. The lowest BCUT2D eigenvalue weighted by Gasteiger charge is -2.13. The third-order valence-electron chi connectivity index (χ3n) is 3.00. The van der Waals surface area contributed by atoms with Gasteiger partial charge in [0.25, 0.3) is 5.69 Å². The maximum Gasteiger partial charge on any atom is 0.270 e. The van der Waals surface area contributed by atoms with E-state index in [9.17, 15) is 15.2 Å². The molecule has 21 heavy (non-hydrogen) atoms. The number of aliphatic hydroxyl groups is 1. The SMILES string of the molecule is N#Cc1cc([N+](=O)[O-])ccc1NC[C@H](O)c1ccccc1. The van der Waals surface area contributed by atoms with Crippen LogP contribution in [0.15, 0.2) is 48.5 Å². The van der Waals surface area contributed by atoms with E-state index in [4.69, 9.17) is 5.26 Å². The summed E-state index contributed by atoms with van der Waals surface area (Å²) in [5, 5.41) is 32.7. The number of aliphatic hydroxyl groups excluding tert-OH is 1. The van der Waals surface area contributed by atoms with Crippen molar-refractivity contribution < 1.29 is 10.0 Å². The Kier molecular flexibility index (Phi) is 4.49. The molecule has 0 aliphatic rings. The third-order valence-corrected chi connectivity index (χ3v) is 3.00. The van der Waals surface area contributed by atoms with E-state index in [2.05, 4.69) is 5.32 Å². The largest absolute Gasteiger partial charge is 0.387 e. The van der Waals surface area contributed by atoms with Gasteiger partial charge in [0.1, 0.15) is 6.07 Å². The van der Waals surface area contributed by atoms with E-state index in [-0.39, 0.29) is 17.8 Å². The number of nitriles is 1. The molecule has 0 aromatic heterocycles. The standard InChI is InChI=1S/C15H13N3O3/c16-9-12-8-13(18(20)21)6-7-14(12)17-10-15(19)11-4-2-1-3-5-11/h1-8,15,17,19H,10H2/t15-/m0/s1. The second-order valence-corrected chi connectivity index (χ2v) is 4.41. The van der Waals surface area contributed by atoms with Gasteiger partial charge in [0.05, 0.1) is 22.3 Å². The van der Waals surface area contributed by atoms with Gasteiger partial charge < -0.3 is 10.4 Å². The first-order valence-electron chi connectivity index (χ1n) is 6.27. The highest BCUT2D eigenvalue weighted by Crippen LogP contribution is 2.22. The first kappa shape index (κ1) is 14.5. The number of benzene rings is 2. The van der Waals surface area contributed by atoms with Crippen LogP contribution in [0, 0.1) is 21.4 Å². The number of hydrogen-bond donors (Lipinski definition) is 2. The number of nitro groups is 1. The Hall–Kier alpha value is -2.91. The van der Waals surface area contributed by atoms with Crippen LogP contribution in [0.25, 0.3) is 0 Å². The molecule has 0 aliphatic carbocycles. The van der Waals surface area contributed by atoms with E-state index in [1.165, 1.54) is 18.2 Å². The Bertz CT molecular complexity index is 680. The summed E-state index contributed by atoms with van der Waals surface area (Å²) in [5.74, 6) is 0. The van der Waals surface area contributed by atoms with E-state index in [0.717, 1.165) is 5.56 Å². The van der Waals surface area contributed by atoms with Gasteiger partial charge in [-0.05, 0) is 11.6 Å². The van der Waals surface area contributed by atoms with Crippen molar-refractivity contribution in [1.82, 2.24) is 0 Å². The molecule has 6 heteroatoms. The molecule has 0 unspecified atom stereocenters. The highest BCUT2D eigenvalue weighted by Gasteiger charge is 2.12. The Morgan fingerprint density at radius 2 is 2.00 bits per heavy atom. The summed E-state index contributed by atoms with van der Waals surface area (Å²) in [6, 6.07) is 15.0. The smallest absolute Gasteiger partial charge is 0.270 e. The molecule has 0 heterocycles. The van der Waals surface area contributed by atoms with E-state index >= 15 is 0 Å². The predicted octanol–water partition coefficient (Wildman–Crippen LogP) is 2.61. The minimum absolute atomic E-state index is 0.138. The summed E-state index contributed by atoms with van der Waals surface area (Å²) in [4.78, 5) is 10.1. The highest BCUT2D eigenvalue weighted by atomic mass is 16.6. The van der Waals surface area contributed by atoms with Gasteiger partial charge in [0.15, 0.2) is 0 Å². The molecule has 1 atom stereocenters. The van der Waals surface area contributed by atoms with Gasteiger partial charge in [-0.15, -0.1) is 0 Å². The van der Waals surface area contributed by atoms with Gasteiger partial charge >= 0.3 is 0 Å². The molecule has 0 spiro atoms. The summed E-state index contributed by atoms with van der Waals surface area (Å²) < 4.78 is 0. The summed E-state index contributed by atoms with van der Waals surface area (Å²) >= 11 is 0. The molecule has 2 N–H and O–H groups in total. The van der Waals surface area contributed by atoms with E-state index in [1.807, 2.05) is 24.3 Å². The van der Waals surface area contributed by atoms with Crippen molar-refractivity contribution in [1.29, 1.82) is 5.26 Å². The summed E-state index contributed by atoms with van der Waals surface area (Å²) in [6.07, 6.45) is -0.729. The topological polar surface area (TPSA) is 99.2 Å². The van der Waals surface area contributed by atoms with Gasteiger partial charge in [-0.1, -0.05) is 30.3 Å². The lowest BCUT2D eigenvalue weighted by molar-refractivity contribution is -0.384. The molecule has 0 aliphatic heterocycles. The van der Waals surface area contributed by atoms with Crippen molar-refractivity contribution >= 4 is 11.4 Å². The quantitative estimate of drug-likeness (QED) is 0.649. The molecule has 0 saturated heterocycles. The first-order valence-corrected chi connectivity index (χ1v) is 6.27. The van der Waals surface area contributed by atoms with Crippen molar-refractivity contribution in [2.24, 2.45) is 0 Å². The Balaban J connectivity index is 2.10. The van der Waals surface area contributed by atoms with Crippen LogP contribution < -0.4 is 5.32 Å². The minimum atomic E-state index is -0.729. The second kappa shape index (κ2) is 6.50. The molecular weight excluding hydrogens is 270 g/mol. The van der Waals surface area contributed by atoms with Crippen LogP contribution in [0.4, 0.5) is 11.4 Å². The van der Waals surface area contributed by atoms with Crippen molar-refractivity contribution in [3.05, 3.63) is 69.8 Å². The fourth-order valence-electron chi connectivity index (χ4n) is 1.89. The van der Waals surface area contributed by atoms with Crippen LogP contribution in [0.3, 0.4) is 0 Å². The van der Waals surface area contributed by atoms with Crippen LogP contribution >= 0.6 is 0 Å². The molecule has 0 saturated carbocycles. The van der Waals surface area contributed by atoms with Gasteiger partial charge in [0, 0.05) is 18.7 Å². The summed E-state index contributed by atoms with van der Waals surface area (Å²) in [7, 11) is 0. The maximum atomic E-state index is 10.7. The van der Waals surface area contributed by atoms with Gasteiger partial charge in [-0.3, -0.25) is 10.1 Å². The number of rotatable bonds is 5. The molecule has 6 nitrogen and oxygen atoms in total. The number of non-ortho nitro benzene ring substituents is 1. The van der Waals surface area contributed by atoms with Crippen LogP contribution in [-0.4, -0.2) is 16.6 Å². The van der Waals surface area contributed by atoms with Gasteiger partial charge in [0.2, 0.25) is 0 Å². The molecule has 2 rings (SSSR count). The number of nitrogens with one attached hydrogen (secondary N) is 1. The fraction of sp³-hybridized carbons (Fsp3) is 0.133. The van der Waals surface area contributed by atoms with Gasteiger partial charge in [-0.2, -0.15) is 5.26 Å². The Labute approximate surface area is 121 Å². The van der Waals surface area contributed by atoms with Crippen LogP contribution in [0.5, 0.6) is 0 Å². The zero-order valence-corrected chi connectivity index (χ0v) is 11.1. The molecule has 0 radical (unpaired) electrons. The molecule has 2 aromatic rings. The fourth-order valence-corrected chi connectivity index (χ4v) is 1.89. The summed E-state index contributed by atoms with van der Waals surface area (Å²) in [5.41, 5.74) is 1.24. The maximum absolute atomic E-state index is 10.7. The van der Waals surface area contributed by atoms with E-state index in [1.54, 1.807) is 12.1 Å². The van der Waals surface area contributed by atoms with Crippen molar-refractivity contribution in [3.8, 4) is 6.07 Å². The van der Waals surface area contributed by atoms with Crippen LogP contribution in [0.1, 0.15) is 17.2 Å². The van der Waals surface area contributed by atoms with Crippen molar-refractivity contribution in [2.75, 3.05) is 11.9 Å². The first-order chi connectivity index (χ1) is 10.1. The van der Waals surface area contributed by atoms with Crippen molar-refractivity contribution in [3.63, 3.8) is 0 Å². The minimum Gasteiger partial charge on any atom is -0.387 e. The third kappa shape index (κ3) is 3.55. The van der Waals surface area contributed by atoms with Crippen LogP contribution in [0.2, 0.25) is 0 Å². The molecule has 106 valence electrons.